The van der Waals surface area contributed by atoms with Gasteiger partial charge in [-0.05, 0) is 77.0 Å². The van der Waals surface area contributed by atoms with Gasteiger partial charge in [-0.15, -0.1) is 0 Å². The van der Waals surface area contributed by atoms with Gasteiger partial charge in [0, 0.05) is 12.8 Å². The number of nitrogens with zero attached hydrogens (tertiary/aromatic N) is 1. The highest BCUT2D eigenvalue weighted by Gasteiger charge is 2.21. The van der Waals surface area contributed by atoms with Crippen LogP contribution in [0.2, 0.25) is 0 Å². The molecule has 0 fully saturated rings. The Hall–Kier alpha value is -2.81. The molecule has 0 heterocycles. The molecule has 0 aromatic carbocycles. The zero-order chi connectivity index (χ0) is 41.4. The van der Waals surface area contributed by atoms with Gasteiger partial charge in [-0.3, -0.25) is 14.2 Å². The fourth-order valence-electron chi connectivity index (χ4n) is 5.08. The number of ether oxygens (including phenoxy) is 2. The third kappa shape index (κ3) is 40.8. The molecule has 0 saturated heterocycles. The van der Waals surface area contributed by atoms with Crippen LogP contribution < -0.4 is 4.89 Å². The Kier molecular flexibility index (Phi) is 35.9. The van der Waals surface area contributed by atoms with Crippen LogP contribution in [0.5, 0.6) is 0 Å². The summed E-state index contributed by atoms with van der Waals surface area (Å²) in [4.78, 5) is 37.4. The molecule has 0 aromatic rings. The number of unbranched alkanes of at least 4 members (excludes halogenated alkanes) is 9. The van der Waals surface area contributed by atoms with Crippen LogP contribution in [0.25, 0.3) is 0 Å². The number of hydrogen-bond acceptors (Lipinski definition) is 8. The molecule has 0 aromatic heterocycles. The van der Waals surface area contributed by atoms with Crippen molar-refractivity contribution in [3.8, 4) is 0 Å². The molecule has 0 rings (SSSR count). The summed E-state index contributed by atoms with van der Waals surface area (Å²) in [5, 5.41) is 0. The molecule has 0 N–H and O–H groups in total. The molecule has 10 heteroatoms. The van der Waals surface area contributed by atoms with Gasteiger partial charge in [0.1, 0.15) is 19.8 Å². The van der Waals surface area contributed by atoms with Crippen molar-refractivity contribution < 1.29 is 42.1 Å². The zero-order valence-electron chi connectivity index (χ0n) is 35.8. The molecular formula is C46H78NO8P. The molecule has 0 amide bonds. The Morgan fingerprint density at radius 2 is 1.05 bits per heavy atom. The maximum Gasteiger partial charge on any atom is 0.306 e. The van der Waals surface area contributed by atoms with Crippen molar-refractivity contribution >= 4 is 19.8 Å². The van der Waals surface area contributed by atoms with Crippen molar-refractivity contribution in [3.05, 3.63) is 85.1 Å². The number of esters is 2. The number of rotatable bonds is 37. The van der Waals surface area contributed by atoms with Gasteiger partial charge in [-0.2, -0.15) is 0 Å². The van der Waals surface area contributed by atoms with Gasteiger partial charge in [0.15, 0.2) is 6.10 Å². The summed E-state index contributed by atoms with van der Waals surface area (Å²) < 4.78 is 33.7. The maximum absolute atomic E-state index is 12.6. The fraction of sp³-hybridized carbons (Fsp3) is 0.652. The monoisotopic (exact) mass is 804 g/mol. The number of hydrogen-bond donors (Lipinski definition) is 0. The van der Waals surface area contributed by atoms with E-state index in [4.69, 9.17) is 18.5 Å². The van der Waals surface area contributed by atoms with E-state index in [9.17, 15) is 19.0 Å². The highest BCUT2D eigenvalue weighted by Crippen LogP contribution is 2.38. The van der Waals surface area contributed by atoms with E-state index in [2.05, 4.69) is 86.8 Å². The van der Waals surface area contributed by atoms with E-state index in [-0.39, 0.29) is 26.1 Å². The maximum atomic E-state index is 12.6. The number of allylic oxidation sites excluding steroid dienone is 14. The summed E-state index contributed by atoms with van der Waals surface area (Å²) in [5.74, 6) is -0.961. The topological polar surface area (TPSA) is 111 Å². The van der Waals surface area contributed by atoms with E-state index in [0.29, 0.717) is 23.9 Å². The molecule has 0 radical (unpaired) electrons. The Bertz CT molecular complexity index is 1230. The molecule has 0 aliphatic carbocycles. The van der Waals surface area contributed by atoms with E-state index >= 15 is 0 Å². The van der Waals surface area contributed by atoms with Gasteiger partial charge in [-0.25, -0.2) is 0 Å². The summed E-state index contributed by atoms with van der Waals surface area (Å²) in [7, 11) is 1.10. The number of phosphoric acid groups is 1. The number of quaternary nitrogens is 1. The molecule has 56 heavy (non-hydrogen) atoms. The molecule has 0 aliphatic rings. The van der Waals surface area contributed by atoms with Crippen LogP contribution in [-0.4, -0.2) is 70.0 Å². The highest BCUT2D eigenvalue weighted by molar-refractivity contribution is 7.45. The predicted octanol–water partition coefficient (Wildman–Crippen LogP) is 11.4. The standard InChI is InChI=1S/C46H78NO8P/c1-6-8-10-12-14-16-18-20-21-22-23-24-25-27-29-31-33-35-37-39-46(49)55-44(43-54-56(50,51)53-41-40-47(3,4)5)42-52-45(48)38-36-34-32-30-28-26-19-17-15-13-11-9-7-2/h8,10,14,16,20-21,23-24,26-29,33,35,44H,6-7,9,11-13,15,17-19,22,25,30-32,34,36-43H2,1-5H3/b10-8+,16-14+,21-20+,24-23+,28-26+,29-27+,35-33+. The minimum absolute atomic E-state index is 0.0510. The van der Waals surface area contributed by atoms with E-state index in [1.54, 1.807) is 0 Å². The highest BCUT2D eigenvalue weighted by atomic mass is 31.2. The van der Waals surface area contributed by atoms with Gasteiger partial charge < -0.3 is 27.9 Å². The van der Waals surface area contributed by atoms with E-state index in [0.717, 1.165) is 64.2 Å². The average molecular weight is 804 g/mol. The van der Waals surface area contributed by atoms with Crippen LogP contribution in [0.3, 0.4) is 0 Å². The van der Waals surface area contributed by atoms with Gasteiger partial charge >= 0.3 is 11.9 Å². The van der Waals surface area contributed by atoms with Gasteiger partial charge in [-0.1, -0.05) is 137 Å². The van der Waals surface area contributed by atoms with Crippen molar-refractivity contribution in [1.82, 2.24) is 0 Å². The third-order valence-corrected chi connectivity index (χ3v) is 9.38. The molecule has 2 unspecified atom stereocenters. The lowest BCUT2D eigenvalue weighted by atomic mass is 10.1. The molecule has 0 saturated carbocycles. The Morgan fingerprint density at radius 3 is 1.59 bits per heavy atom. The first-order chi connectivity index (χ1) is 27.0. The first-order valence-corrected chi connectivity index (χ1v) is 22.8. The SMILES string of the molecule is CC/C=C/C/C=C/C/C=C/C/C=C/C/C=C/C/C=C/CCC(=O)OC(COC(=O)CCCCC/C=C/CCCCCCCC)COP(=O)([O-])OCC[N+](C)(C)C. The van der Waals surface area contributed by atoms with Crippen molar-refractivity contribution in [3.63, 3.8) is 0 Å². The van der Waals surface area contributed by atoms with Crippen LogP contribution in [0.1, 0.15) is 142 Å². The second-order valence-corrected chi connectivity index (χ2v) is 16.4. The minimum Gasteiger partial charge on any atom is -0.756 e. The molecule has 320 valence electrons. The average Bonchev–Trinajstić information content (AvgIpc) is 3.15. The zero-order valence-corrected chi connectivity index (χ0v) is 36.7. The van der Waals surface area contributed by atoms with Gasteiger partial charge in [0.05, 0.1) is 27.7 Å². The third-order valence-electron chi connectivity index (χ3n) is 8.41. The van der Waals surface area contributed by atoms with Crippen molar-refractivity contribution in [2.24, 2.45) is 0 Å². The largest absolute Gasteiger partial charge is 0.756 e. The Morgan fingerprint density at radius 1 is 0.571 bits per heavy atom. The van der Waals surface area contributed by atoms with Crippen molar-refractivity contribution in [2.75, 3.05) is 47.5 Å². The first-order valence-electron chi connectivity index (χ1n) is 21.3. The second kappa shape index (κ2) is 37.7. The van der Waals surface area contributed by atoms with E-state index in [1.165, 1.54) is 38.5 Å². The number of carbonyl (C=O) groups is 2. The molecule has 0 aliphatic heterocycles. The first kappa shape index (κ1) is 53.2. The smallest absolute Gasteiger partial charge is 0.306 e. The lowest BCUT2D eigenvalue weighted by Crippen LogP contribution is -2.37. The molecule has 0 bridgehead atoms. The summed E-state index contributed by atoms with van der Waals surface area (Å²) in [6, 6.07) is 0. The summed E-state index contributed by atoms with van der Waals surface area (Å²) in [6.07, 6.45) is 47.7. The summed E-state index contributed by atoms with van der Waals surface area (Å²) in [6.45, 7) is 3.97. The van der Waals surface area contributed by atoms with E-state index < -0.39 is 32.5 Å². The summed E-state index contributed by atoms with van der Waals surface area (Å²) in [5.41, 5.74) is 0. The molecule has 2 atom stereocenters. The number of phosphoric ester groups is 1. The number of carbonyl (C=O) groups excluding carboxylic acids is 2. The van der Waals surface area contributed by atoms with Crippen LogP contribution in [0.4, 0.5) is 0 Å². The Labute approximate surface area is 341 Å². The summed E-state index contributed by atoms with van der Waals surface area (Å²) >= 11 is 0. The van der Waals surface area contributed by atoms with Crippen molar-refractivity contribution in [1.29, 1.82) is 0 Å². The molecule has 0 spiro atoms. The lowest BCUT2D eigenvalue weighted by Gasteiger charge is -2.28. The van der Waals surface area contributed by atoms with Crippen LogP contribution in [0.15, 0.2) is 85.1 Å². The fourth-order valence-corrected chi connectivity index (χ4v) is 5.81. The quantitative estimate of drug-likeness (QED) is 0.0201. The normalized spacial score (nSPS) is 14.5. The lowest BCUT2D eigenvalue weighted by molar-refractivity contribution is -0.870. The van der Waals surface area contributed by atoms with E-state index in [1.807, 2.05) is 33.3 Å². The van der Waals surface area contributed by atoms with Gasteiger partial charge in [0.25, 0.3) is 7.82 Å². The second-order valence-electron chi connectivity index (χ2n) is 15.0. The van der Waals surface area contributed by atoms with Crippen LogP contribution >= 0.6 is 7.82 Å². The van der Waals surface area contributed by atoms with Crippen LogP contribution in [0, 0.1) is 0 Å². The molecule has 9 nitrogen and oxygen atoms in total. The minimum atomic E-state index is -4.65. The Balaban J connectivity index is 4.56. The van der Waals surface area contributed by atoms with Crippen molar-refractivity contribution in [2.45, 2.75) is 148 Å². The predicted molar refractivity (Wildman–Crippen MR) is 231 cm³/mol. The van der Waals surface area contributed by atoms with Gasteiger partial charge in [0.2, 0.25) is 0 Å². The number of likely N-dealkylation sites (N-methyl/N-ethyl adjacent to an activating group) is 1. The molecular weight excluding hydrogens is 725 g/mol. The van der Waals surface area contributed by atoms with Crippen LogP contribution in [-0.2, 0) is 32.7 Å².